The number of ether oxygens (including phenoxy) is 1. The Balaban J connectivity index is 1.86. The molecule has 2 amide bonds. The van der Waals surface area contributed by atoms with E-state index in [1.807, 2.05) is 24.3 Å². The predicted octanol–water partition coefficient (Wildman–Crippen LogP) is 2.64. The Hall–Kier alpha value is -2.82. The summed E-state index contributed by atoms with van der Waals surface area (Å²) in [7, 11) is 1.63. The van der Waals surface area contributed by atoms with Crippen LogP contribution >= 0.6 is 0 Å². The average Bonchev–Trinajstić information content (AvgIpc) is 2.55. The summed E-state index contributed by atoms with van der Waals surface area (Å²) in [5.41, 5.74) is 7.70. The topological polar surface area (TPSA) is 72.6 Å². The number of nitrogens with two attached hydrogens (primary N) is 1. The lowest BCUT2D eigenvalue weighted by Gasteiger charge is -2.14. The van der Waals surface area contributed by atoms with Crippen molar-refractivity contribution in [3.05, 3.63) is 59.7 Å². The number of urea groups is 1. The van der Waals surface area contributed by atoms with Gasteiger partial charge in [0, 0.05) is 24.7 Å². The molecule has 0 saturated heterocycles. The predicted molar refractivity (Wildman–Crippen MR) is 85.5 cm³/mol. The van der Waals surface area contributed by atoms with Gasteiger partial charge < -0.3 is 10.5 Å². The maximum absolute atomic E-state index is 11.1. The highest BCUT2D eigenvalue weighted by Gasteiger charge is 2.05. The third kappa shape index (κ3) is 4.09. The first kappa shape index (κ1) is 15.6. The number of primary amides is 1. The summed E-state index contributed by atoms with van der Waals surface area (Å²) in [5.74, 6) is 0.732. The molecule has 2 aromatic rings. The molecule has 0 aromatic heterocycles. The van der Waals surface area contributed by atoms with Gasteiger partial charge >= 0.3 is 6.03 Å². The maximum atomic E-state index is 11.1. The molecule has 114 valence electrons. The van der Waals surface area contributed by atoms with Crippen LogP contribution in [0, 0.1) is 0 Å². The van der Waals surface area contributed by atoms with Crippen molar-refractivity contribution in [2.24, 2.45) is 5.73 Å². The largest absolute Gasteiger partial charge is 0.493 e. The quantitative estimate of drug-likeness (QED) is 0.833. The van der Waals surface area contributed by atoms with Crippen LogP contribution in [0.2, 0.25) is 0 Å². The molecule has 2 rings (SSSR count). The van der Waals surface area contributed by atoms with Gasteiger partial charge in [-0.15, -0.1) is 0 Å². The minimum Gasteiger partial charge on any atom is -0.493 e. The molecule has 0 aliphatic carbocycles. The molecular formula is C17H18N2O3. The zero-order valence-electron chi connectivity index (χ0n) is 12.4. The highest BCUT2D eigenvalue weighted by Crippen LogP contribution is 2.15. The molecule has 5 heteroatoms. The molecule has 0 heterocycles. The van der Waals surface area contributed by atoms with Crippen LogP contribution in [-0.2, 0) is 6.42 Å². The molecule has 22 heavy (non-hydrogen) atoms. The fraction of sp³-hybridized carbons (Fsp3) is 0.176. The van der Waals surface area contributed by atoms with Crippen LogP contribution in [0.5, 0.6) is 5.75 Å². The Morgan fingerprint density at radius 3 is 2.32 bits per heavy atom. The molecule has 0 aliphatic heterocycles. The lowest BCUT2D eigenvalue weighted by Crippen LogP contribution is -2.31. The monoisotopic (exact) mass is 298 g/mol. The Morgan fingerprint density at radius 2 is 1.77 bits per heavy atom. The molecule has 0 saturated carbocycles. The third-order valence-corrected chi connectivity index (χ3v) is 3.33. The van der Waals surface area contributed by atoms with E-state index in [1.54, 1.807) is 31.3 Å². The fourth-order valence-electron chi connectivity index (χ4n) is 1.94. The standard InChI is InChI=1S/C17H18N2O3/c1-19(17(18)21)15-6-2-13(3-7-15)10-11-22-16-8-4-14(12-20)5-9-16/h2-9,12H,10-11H2,1H3,(H2,18,21). The van der Waals surface area contributed by atoms with Crippen molar-refractivity contribution in [3.8, 4) is 5.75 Å². The van der Waals surface area contributed by atoms with Gasteiger partial charge in [0.05, 0.1) is 6.61 Å². The van der Waals surface area contributed by atoms with Crippen LogP contribution in [0.3, 0.4) is 0 Å². The van der Waals surface area contributed by atoms with E-state index in [2.05, 4.69) is 0 Å². The van der Waals surface area contributed by atoms with Crippen LogP contribution in [0.15, 0.2) is 48.5 Å². The van der Waals surface area contributed by atoms with Crippen LogP contribution in [0.1, 0.15) is 15.9 Å². The van der Waals surface area contributed by atoms with E-state index in [-0.39, 0.29) is 0 Å². The molecule has 0 aliphatic rings. The Bertz CT molecular complexity index is 636. The highest BCUT2D eigenvalue weighted by molar-refractivity contribution is 5.89. The van der Waals surface area contributed by atoms with E-state index >= 15 is 0 Å². The van der Waals surface area contributed by atoms with Crippen molar-refractivity contribution >= 4 is 18.0 Å². The number of benzene rings is 2. The third-order valence-electron chi connectivity index (χ3n) is 3.33. The van der Waals surface area contributed by atoms with Gasteiger partial charge in [0.25, 0.3) is 0 Å². The molecule has 0 atom stereocenters. The molecule has 0 unspecified atom stereocenters. The number of nitrogens with zero attached hydrogens (tertiary/aromatic N) is 1. The molecule has 0 fully saturated rings. The second-order valence-electron chi connectivity index (χ2n) is 4.85. The first-order valence-electron chi connectivity index (χ1n) is 6.90. The summed E-state index contributed by atoms with van der Waals surface area (Å²) < 4.78 is 5.62. The number of carbonyl (C=O) groups excluding carboxylic acids is 2. The smallest absolute Gasteiger partial charge is 0.318 e. The zero-order chi connectivity index (χ0) is 15.9. The lowest BCUT2D eigenvalue weighted by molar-refractivity contribution is 0.112. The number of hydrogen-bond acceptors (Lipinski definition) is 3. The van der Waals surface area contributed by atoms with Gasteiger partial charge in [0.1, 0.15) is 12.0 Å². The van der Waals surface area contributed by atoms with E-state index in [0.29, 0.717) is 12.2 Å². The molecule has 0 bridgehead atoms. The van der Waals surface area contributed by atoms with Gasteiger partial charge in [-0.25, -0.2) is 4.79 Å². The minimum atomic E-state index is -0.491. The van der Waals surface area contributed by atoms with E-state index in [0.717, 1.165) is 29.7 Å². The van der Waals surface area contributed by atoms with Gasteiger partial charge in [-0.1, -0.05) is 12.1 Å². The van der Waals surface area contributed by atoms with Gasteiger partial charge in [-0.05, 0) is 42.0 Å². The molecular weight excluding hydrogens is 280 g/mol. The molecule has 0 radical (unpaired) electrons. The summed E-state index contributed by atoms with van der Waals surface area (Å²) in [4.78, 5) is 23.0. The minimum absolute atomic E-state index is 0.491. The van der Waals surface area contributed by atoms with Gasteiger partial charge in [-0.3, -0.25) is 9.69 Å². The van der Waals surface area contributed by atoms with Crippen molar-refractivity contribution < 1.29 is 14.3 Å². The van der Waals surface area contributed by atoms with Gasteiger partial charge in [0.15, 0.2) is 0 Å². The molecule has 0 spiro atoms. The second kappa shape index (κ2) is 7.26. The SMILES string of the molecule is CN(C(N)=O)c1ccc(CCOc2ccc(C=O)cc2)cc1. The van der Waals surface area contributed by atoms with Crippen molar-refractivity contribution in [1.82, 2.24) is 0 Å². The number of aldehydes is 1. The van der Waals surface area contributed by atoms with Crippen LogP contribution in [0.4, 0.5) is 10.5 Å². The van der Waals surface area contributed by atoms with Gasteiger partial charge in [-0.2, -0.15) is 0 Å². The number of carbonyl (C=O) groups is 2. The van der Waals surface area contributed by atoms with E-state index in [4.69, 9.17) is 10.5 Å². The number of anilines is 1. The van der Waals surface area contributed by atoms with E-state index < -0.39 is 6.03 Å². The Morgan fingerprint density at radius 1 is 1.14 bits per heavy atom. The number of amides is 2. The summed E-state index contributed by atoms with van der Waals surface area (Å²) in [6.45, 7) is 0.533. The van der Waals surface area contributed by atoms with Crippen molar-refractivity contribution in [2.45, 2.75) is 6.42 Å². The summed E-state index contributed by atoms with van der Waals surface area (Å²) >= 11 is 0. The number of hydrogen-bond donors (Lipinski definition) is 1. The number of rotatable bonds is 6. The maximum Gasteiger partial charge on any atom is 0.318 e. The second-order valence-corrected chi connectivity index (χ2v) is 4.85. The highest BCUT2D eigenvalue weighted by atomic mass is 16.5. The van der Waals surface area contributed by atoms with E-state index in [9.17, 15) is 9.59 Å². The lowest BCUT2D eigenvalue weighted by atomic mass is 10.1. The normalized spacial score (nSPS) is 10.0. The Kier molecular flexibility index (Phi) is 5.14. The van der Waals surface area contributed by atoms with Crippen molar-refractivity contribution in [1.29, 1.82) is 0 Å². The zero-order valence-corrected chi connectivity index (χ0v) is 12.4. The first-order valence-corrected chi connectivity index (χ1v) is 6.90. The van der Waals surface area contributed by atoms with E-state index in [1.165, 1.54) is 4.90 Å². The first-order chi connectivity index (χ1) is 10.6. The molecule has 5 nitrogen and oxygen atoms in total. The summed E-state index contributed by atoms with van der Waals surface area (Å²) in [6, 6.07) is 14.1. The van der Waals surface area contributed by atoms with Crippen molar-refractivity contribution in [3.63, 3.8) is 0 Å². The van der Waals surface area contributed by atoms with Gasteiger partial charge in [0.2, 0.25) is 0 Å². The van der Waals surface area contributed by atoms with Crippen molar-refractivity contribution in [2.75, 3.05) is 18.6 Å². The molecule has 2 aromatic carbocycles. The van der Waals surface area contributed by atoms with Crippen LogP contribution < -0.4 is 15.4 Å². The Labute approximate surface area is 129 Å². The van der Waals surface area contributed by atoms with Crippen LogP contribution in [0.25, 0.3) is 0 Å². The summed E-state index contributed by atoms with van der Waals surface area (Å²) in [5, 5.41) is 0. The summed E-state index contributed by atoms with van der Waals surface area (Å²) in [6.07, 6.45) is 1.55. The fourth-order valence-corrected chi connectivity index (χ4v) is 1.94. The molecule has 2 N–H and O–H groups in total. The van der Waals surface area contributed by atoms with Crippen LogP contribution in [-0.4, -0.2) is 26.0 Å². The average molecular weight is 298 g/mol.